The third-order valence-corrected chi connectivity index (χ3v) is 6.32. The maximum absolute atomic E-state index is 12.7. The summed E-state index contributed by atoms with van der Waals surface area (Å²) in [4.78, 5) is 17.5. The Hall–Kier alpha value is -4.06. The Bertz CT molecular complexity index is 1330. The van der Waals surface area contributed by atoms with E-state index < -0.39 is 0 Å². The predicted octanol–water partition coefficient (Wildman–Crippen LogP) is 6.05. The average Bonchev–Trinajstić information content (AvgIpc) is 3.30. The first kappa shape index (κ1) is 26.0. The molecule has 3 aromatic carbocycles. The number of allylic oxidation sites excluding steroid dienone is 1. The molecule has 1 atom stereocenters. The van der Waals surface area contributed by atoms with E-state index in [2.05, 4.69) is 22.5 Å². The highest BCUT2D eigenvalue weighted by atomic mass is 16.5. The van der Waals surface area contributed by atoms with Gasteiger partial charge in [-0.1, -0.05) is 54.6 Å². The summed E-state index contributed by atoms with van der Waals surface area (Å²) in [5, 5.41) is 3.14. The molecule has 1 aromatic heterocycles. The molecule has 1 N–H and O–H groups in total. The lowest BCUT2D eigenvalue weighted by Gasteiger charge is -2.17. The minimum atomic E-state index is -0.214. The second kappa shape index (κ2) is 12.8. The zero-order valence-corrected chi connectivity index (χ0v) is 21.7. The molecule has 0 aliphatic rings. The maximum atomic E-state index is 12.7. The number of carbonyl (C=O) groups is 1. The van der Waals surface area contributed by atoms with Crippen LogP contribution in [0.3, 0.4) is 0 Å². The van der Waals surface area contributed by atoms with Gasteiger partial charge in [-0.25, -0.2) is 4.98 Å². The van der Waals surface area contributed by atoms with Gasteiger partial charge in [0, 0.05) is 13.0 Å². The number of ether oxygens (including phenoxy) is 2. The van der Waals surface area contributed by atoms with Crippen molar-refractivity contribution >= 4 is 16.9 Å². The fourth-order valence-corrected chi connectivity index (χ4v) is 4.47. The minimum Gasteiger partial charge on any atom is -0.493 e. The summed E-state index contributed by atoms with van der Waals surface area (Å²) in [7, 11) is 1.65. The normalized spacial score (nSPS) is 11.7. The molecule has 0 aliphatic carbocycles. The van der Waals surface area contributed by atoms with Gasteiger partial charge in [0.1, 0.15) is 5.82 Å². The van der Waals surface area contributed by atoms with Crippen LogP contribution in [0, 0.1) is 0 Å². The number of aromatic nitrogens is 2. The van der Waals surface area contributed by atoms with E-state index in [0.29, 0.717) is 19.4 Å². The van der Waals surface area contributed by atoms with Crippen LogP contribution < -0.4 is 14.8 Å². The number of methoxy groups -OCH3 is 1. The molecule has 0 aliphatic heterocycles. The van der Waals surface area contributed by atoms with Gasteiger partial charge in [0.2, 0.25) is 5.91 Å². The fourth-order valence-electron chi connectivity index (χ4n) is 4.47. The summed E-state index contributed by atoms with van der Waals surface area (Å²) in [5.74, 6) is 2.32. The van der Waals surface area contributed by atoms with Crippen molar-refractivity contribution in [1.29, 1.82) is 0 Å². The smallest absolute Gasteiger partial charge is 0.220 e. The van der Waals surface area contributed by atoms with Crippen molar-refractivity contribution in [3.63, 3.8) is 0 Å². The Morgan fingerprint density at radius 3 is 2.62 bits per heavy atom. The third-order valence-electron chi connectivity index (χ3n) is 6.32. The van der Waals surface area contributed by atoms with Gasteiger partial charge in [-0.05, 0) is 61.6 Å². The Morgan fingerprint density at radius 1 is 1.05 bits per heavy atom. The number of fused-ring (bicyclic) bond motifs is 1. The Balaban J connectivity index is 1.39. The van der Waals surface area contributed by atoms with Gasteiger partial charge in [-0.15, -0.1) is 6.58 Å². The molecule has 4 rings (SSSR count). The molecule has 37 heavy (non-hydrogen) atoms. The maximum Gasteiger partial charge on any atom is 0.220 e. The predicted molar refractivity (Wildman–Crippen MR) is 148 cm³/mol. The van der Waals surface area contributed by atoms with Crippen molar-refractivity contribution in [2.45, 2.75) is 45.2 Å². The molecule has 6 nitrogen and oxygen atoms in total. The molecule has 0 fully saturated rings. The molecule has 0 spiro atoms. The number of aryl methyl sites for hydroxylation is 2. The van der Waals surface area contributed by atoms with Crippen LogP contribution in [0.4, 0.5) is 0 Å². The second-order valence-corrected chi connectivity index (χ2v) is 9.07. The van der Waals surface area contributed by atoms with E-state index in [1.54, 1.807) is 7.11 Å². The third kappa shape index (κ3) is 6.79. The lowest BCUT2D eigenvalue weighted by atomic mass is 10.1. The van der Waals surface area contributed by atoms with Gasteiger partial charge in [-0.3, -0.25) is 4.79 Å². The van der Waals surface area contributed by atoms with Gasteiger partial charge in [0.15, 0.2) is 11.5 Å². The van der Waals surface area contributed by atoms with Crippen molar-refractivity contribution in [2.24, 2.45) is 0 Å². The summed E-state index contributed by atoms with van der Waals surface area (Å²) in [5.41, 5.74) is 4.26. The number of rotatable bonds is 13. The molecule has 0 saturated carbocycles. The first-order chi connectivity index (χ1) is 18.1. The lowest BCUT2D eigenvalue weighted by molar-refractivity contribution is -0.121. The lowest BCUT2D eigenvalue weighted by Crippen LogP contribution is -2.29. The van der Waals surface area contributed by atoms with E-state index >= 15 is 0 Å². The van der Waals surface area contributed by atoms with Gasteiger partial charge < -0.3 is 19.4 Å². The average molecular weight is 498 g/mol. The van der Waals surface area contributed by atoms with Gasteiger partial charge in [0.05, 0.1) is 30.8 Å². The fraction of sp³-hybridized carbons (Fsp3) is 0.290. The van der Waals surface area contributed by atoms with Crippen LogP contribution in [-0.4, -0.2) is 29.2 Å². The summed E-state index contributed by atoms with van der Waals surface area (Å²) in [6.45, 7) is 7.03. The van der Waals surface area contributed by atoms with Crippen molar-refractivity contribution in [1.82, 2.24) is 14.9 Å². The molecule has 0 bridgehead atoms. The first-order valence-corrected chi connectivity index (χ1v) is 12.8. The molecule has 1 heterocycles. The number of imidazole rings is 1. The number of nitrogens with zero attached hydrogens (tertiary/aromatic N) is 2. The molecule has 1 unspecified atom stereocenters. The Morgan fingerprint density at radius 2 is 1.84 bits per heavy atom. The number of para-hydroxylation sites is 2. The Labute approximate surface area is 218 Å². The van der Waals surface area contributed by atoms with E-state index in [0.717, 1.165) is 58.9 Å². The summed E-state index contributed by atoms with van der Waals surface area (Å²) in [6.07, 6.45) is 4.59. The molecule has 1 amide bonds. The number of amides is 1. The number of carbonyl (C=O) groups excluding carboxylic acids is 1. The van der Waals surface area contributed by atoms with Crippen molar-refractivity contribution in [2.75, 3.05) is 13.7 Å². The SMILES string of the molecule is C=CCc1ccc(OCCCn2c(C(C)NC(=O)CCc3ccccc3)nc3ccccc32)c(OC)c1. The van der Waals surface area contributed by atoms with Crippen molar-refractivity contribution < 1.29 is 14.3 Å². The van der Waals surface area contributed by atoms with E-state index in [1.807, 2.05) is 79.7 Å². The van der Waals surface area contributed by atoms with Crippen LogP contribution in [-0.2, 0) is 24.2 Å². The molecule has 0 radical (unpaired) electrons. The van der Waals surface area contributed by atoms with E-state index in [1.165, 1.54) is 0 Å². The van der Waals surface area contributed by atoms with Crippen LogP contribution >= 0.6 is 0 Å². The quantitative estimate of drug-likeness (QED) is 0.180. The summed E-state index contributed by atoms with van der Waals surface area (Å²) < 4.78 is 13.8. The molecule has 6 heteroatoms. The number of hydrogen-bond acceptors (Lipinski definition) is 4. The van der Waals surface area contributed by atoms with Crippen LogP contribution in [0.1, 0.15) is 42.8 Å². The topological polar surface area (TPSA) is 65.4 Å². The number of nitrogens with one attached hydrogen (secondary N) is 1. The minimum absolute atomic E-state index is 0.0188. The first-order valence-electron chi connectivity index (χ1n) is 12.8. The molecule has 0 saturated heterocycles. The monoisotopic (exact) mass is 497 g/mol. The Kier molecular flexibility index (Phi) is 8.98. The van der Waals surface area contributed by atoms with Crippen LogP contribution in [0.15, 0.2) is 85.5 Å². The standard InChI is InChI=1S/C31H35N3O3/c1-4-11-25-16-18-28(29(22-25)36-3)37-21-10-20-34-27-15-9-8-14-26(27)33-31(34)23(2)32-30(35)19-17-24-12-6-5-7-13-24/h4-9,12-16,18,22-23H,1,10-11,17,19-21H2,2-3H3,(H,32,35). The highest BCUT2D eigenvalue weighted by Crippen LogP contribution is 2.29. The highest BCUT2D eigenvalue weighted by molar-refractivity contribution is 5.78. The molecule has 192 valence electrons. The summed E-state index contributed by atoms with van der Waals surface area (Å²) >= 11 is 0. The van der Waals surface area contributed by atoms with E-state index in [4.69, 9.17) is 14.5 Å². The second-order valence-electron chi connectivity index (χ2n) is 9.07. The largest absolute Gasteiger partial charge is 0.493 e. The highest BCUT2D eigenvalue weighted by Gasteiger charge is 2.18. The van der Waals surface area contributed by atoms with E-state index in [-0.39, 0.29) is 11.9 Å². The van der Waals surface area contributed by atoms with Crippen molar-refractivity contribution in [3.8, 4) is 11.5 Å². The number of benzene rings is 3. The van der Waals surface area contributed by atoms with E-state index in [9.17, 15) is 4.79 Å². The zero-order chi connectivity index (χ0) is 26.0. The van der Waals surface area contributed by atoms with Gasteiger partial charge in [-0.2, -0.15) is 0 Å². The zero-order valence-electron chi connectivity index (χ0n) is 21.7. The number of hydrogen-bond donors (Lipinski definition) is 1. The van der Waals surface area contributed by atoms with Crippen LogP contribution in [0.2, 0.25) is 0 Å². The molecule has 4 aromatic rings. The van der Waals surface area contributed by atoms with Crippen molar-refractivity contribution in [3.05, 3.63) is 102 Å². The van der Waals surface area contributed by atoms with Gasteiger partial charge in [0.25, 0.3) is 0 Å². The molecular weight excluding hydrogens is 462 g/mol. The van der Waals surface area contributed by atoms with Gasteiger partial charge >= 0.3 is 0 Å². The van der Waals surface area contributed by atoms with Crippen LogP contribution in [0.25, 0.3) is 11.0 Å². The summed E-state index contributed by atoms with van der Waals surface area (Å²) in [6, 6.07) is 23.9. The van der Waals surface area contributed by atoms with Crippen LogP contribution in [0.5, 0.6) is 11.5 Å². The molecular formula is C31H35N3O3.